The van der Waals surface area contributed by atoms with Crippen molar-refractivity contribution in [1.82, 2.24) is 10.2 Å². The van der Waals surface area contributed by atoms with Crippen LogP contribution in [0.5, 0.6) is 0 Å². The topological polar surface area (TPSA) is 41.6 Å². The summed E-state index contributed by atoms with van der Waals surface area (Å²) in [4.78, 5) is 14.0. The van der Waals surface area contributed by atoms with Gasteiger partial charge >= 0.3 is 6.03 Å². The van der Waals surface area contributed by atoms with Gasteiger partial charge in [0.25, 0.3) is 0 Å². The van der Waals surface area contributed by atoms with E-state index in [-0.39, 0.29) is 18.0 Å². The fourth-order valence-corrected chi connectivity index (χ4v) is 2.48. The standard InChI is InChI=1S/C16H22F2N2O2/c1-11(13-3-4-14(17)15(18)9-13)10-19-16(21)20-6-8-22-7-5-12(20)2/h3-4,9,11-12H,5-8,10H2,1-2H3,(H,19,21)/t11-,12+/m1/s1. The number of halogens is 2. The van der Waals surface area contributed by atoms with E-state index >= 15 is 0 Å². The van der Waals surface area contributed by atoms with Crippen LogP contribution in [0.4, 0.5) is 13.6 Å². The van der Waals surface area contributed by atoms with Crippen LogP contribution in [0.3, 0.4) is 0 Å². The predicted molar refractivity (Wildman–Crippen MR) is 79.8 cm³/mol. The van der Waals surface area contributed by atoms with Gasteiger partial charge in [-0.3, -0.25) is 0 Å². The van der Waals surface area contributed by atoms with Crippen LogP contribution in [0.1, 0.15) is 31.7 Å². The lowest BCUT2D eigenvalue weighted by atomic mass is 10.0. The van der Waals surface area contributed by atoms with Gasteiger partial charge in [0.2, 0.25) is 0 Å². The van der Waals surface area contributed by atoms with Crippen molar-refractivity contribution in [3.05, 3.63) is 35.4 Å². The summed E-state index contributed by atoms with van der Waals surface area (Å²) in [6, 6.07) is 3.80. The van der Waals surface area contributed by atoms with Gasteiger partial charge in [-0.2, -0.15) is 0 Å². The molecule has 1 heterocycles. The molecule has 1 saturated heterocycles. The Hall–Kier alpha value is -1.69. The average Bonchev–Trinajstić information content (AvgIpc) is 2.72. The van der Waals surface area contributed by atoms with Crippen molar-refractivity contribution in [2.45, 2.75) is 32.2 Å². The highest BCUT2D eigenvalue weighted by Crippen LogP contribution is 2.17. The normalized spacial score (nSPS) is 20.4. The summed E-state index contributed by atoms with van der Waals surface area (Å²) in [5.74, 6) is -1.83. The highest BCUT2D eigenvalue weighted by molar-refractivity contribution is 5.74. The van der Waals surface area contributed by atoms with Crippen LogP contribution in [-0.2, 0) is 4.74 Å². The van der Waals surface area contributed by atoms with E-state index in [2.05, 4.69) is 5.32 Å². The fraction of sp³-hybridized carbons (Fsp3) is 0.562. The summed E-state index contributed by atoms with van der Waals surface area (Å²) in [7, 11) is 0. The lowest BCUT2D eigenvalue weighted by Crippen LogP contribution is -2.46. The minimum atomic E-state index is -0.867. The molecule has 2 atom stereocenters. The number of carbonyl (C=O) groups excluding carboxylic acids is 1. The smallest absolute Gasteiger partial charge is 0.317 e. The van der Waals surface area contributed by atoms with E-state index in [1.807, 2.05) is 13.8 Å². The molecule has 1 fully saturated rings. The highest BCUT2D eigenvalue weighted by atomic mass is 19.2. The Kier molecular flexibility index (Phi) is 5.71. The molecular weight excluding hydrogens is 290 g/mol. The summed E-state index contributed by atoms with van der Waals surface area (Å²) in [6.07, 6.45) is 0.812. The molecule has 1 aromatic carbocycles. The van der Waals surface area contributed by atoms with Crippen LogP contribution < -0.4 is 5.32 Å². The Balaban J connectivity index is 1.90. The zero-order valence-electron chi connectivity index (χ0n) is 12.9. The summed E-state index contributed by atoms with van der Waals surface area (Å²) in [5, 5.41) is 2.86. The molecule has 0 aliphatic carbocycles. The van der Waals surface area contributed by atoms with Crippen LogP contribution in [0.25, 0.3) is 0 Å². The second kappa shape index (κ2) is 7.54. The predicted octanol–water partition coefficient (Wildman–Crippen LogP) is 2.89. The first-order valence-electron chi connectivity index (χ1n) is 7.56. The maximum absolute atomic E-state index is 13.2. The highest BCUT2D eigenvalue weighted by Gasteiger charge is 2.22. The second-order valence-electron chi connectivity index (χ2n) is 5.70. The van der Waals surface area contributed by atoms with Gasteiger partial charge in [-0.15, -0.1) is 0 Å². The van der Waals surface area contributed by atoms with Gasteiger partial charge in [0, 0.05) is 25.7 Å². The molecule has 0 saturated carbocycles. The van der Waals surface area contributed by atoms with Crippen molar-refractivity contribution in [3.63, 3.8) is 0 Å². The Labute approximate surface area is 129 Å². The third-order valence-electron chi connectivity index (χ3n) is 4.02. The van der Waals surface area contributed by atoms with E-state index in [1.54, 1.807) is 4.90 Å². The Bertz CT molecular complexity index is 525. The largest absolute Gasteiger partial charge is 0.380 e. The van der Waals surface area contributed by atoms with Gasteiger partial charge in [0.05, 0.1) is 6.61 Å². The molecule has 0 spiro atoms. The first-order chi connectivity index (χ1) is 10.5. The Morgan fingerprint density at radius 3 is 2.91 bits per heavy atom. The van der Waals surface area contributed by atoms with Gasteiger partial charge < -0.3 is 15.0 Å². The first-order valence-corrected chi connectivity index (χ1v) is 7.56. The quantitative estimate of drug-likeness (QED) is 0.932. The van der Waals surface area contributed by atoms with Crippen molar-refractivity contribution in [3.8, 4) is 0 Å². The molecule has 2 rings (SSSR count). The van der Waals surface area contributed by atoms with Crippen LogP contribution in [0, 0.1) is 11.6 Å². The number of hydrogen-bond acceptors (Lipinski definition) is 2. The maximum Gasteiger partial charge on any atom is 0.317 e. The molecule has 6 heteroatoms. The van der Waals surface area contributed by atoms with Crippen LogP contribution in [-0.4, -0.2) is 43.3 Å². The van der Waals surface area contributed by atoms with Crippen molar-refractivity contribution >= 4 is 6.03 Å². The molecule has 122 valence electrons. The number of amides is 2. The molecule has 1 aliphatic rings. The summed E-state index contributed by atoms with van der Waals surface area (Å²) >= 11 is 0. The molecule has 0 unspecified atom stereocenters. The number of rotatable bonds is 3. The minimum Gasteiger partial charge on any atom is -0.380 e. The number of nitrogens with one attached hydrogen (secondary N) is 1. The van der Waals surface area contributed by atoms with Gasteiger partial charge in [0.15, 0.2) is 11.6 Å². The monoisotopic (exact) mass is 312 g/mol. The number of benzene rings is 1. The average molecular weight is 312 g/mol. The maximum atomic E-state index is 13.2. The number of ether oxygens (including phenoxy) is 1. The summed E-state index contributed by atoms with van der Waals surface area (Å²) < 4.78 is 31.5. The molecule has 1 N–H and O–H groups in total. The molecule has 0 bridgehead atoms. The van der Waals surface area contributed by atoms with Crippen LogP contribution in [0.2, 0.25) is 0 Å². The van der Waals surface area contributed by atoms with Crippen LogP contribution >= 0.6 is 0 Å². The van der Waals surface area contributed by atoms with Crippen LogP contribution in [0.15, 0.2) is 18.2 Å². The van der Waals surface area contributed by atoms with Gasteiger partial charge in [-0.25, -0.2) is 13.6 Å². The third-order valence-corrected chi connectivity index (χ3v) is 4.02. The van der Waals surface area contributed by atoms with Gasteiger partial charge in [-0.05, 0) is 37.0 Å². The zero-order valence-corrected chi connectivity index (χ0v) is 12.9. The van der Waals surface area contributed by atoms with E-state index in [4.69, 9.17) is 4.74 Å². The molecule has 1 aromatic rings. The molecular formula is C16H22F2N2O2. The van der Waals surface area contributed by atoms with E-state index < -0.39 is 11.6 Å². The fourth-order valence-electron chi connectivity index (χ4n) is 2.48. The molecule has 0 aromatic heterocycles. The number of hydrogen-bond donors (Lipinski definition) is 1. The Morgan fingerprint density at radius 1 is 1.41 bits per heavy atom. The molecule has 0 radical (unpaired) electrons. The molecule has 1 aliphatic heterocycles. The van der Waals surface area contributed by atoms with Crippen molar-refractivity contribution < 1.29 is 18.3 Å². The molecule has 2 amide bonds. The number of carbonyl (C=O) groups is 1. The zero-order chi connectivity index (χ0) is 16.1. The first kappa shape index (κ1) is 16.7. The molecule has 4 nitrogen and oxygen atoms in total. The summed E-state index contributed by atoms with van der Waals surface area (Å²) in [5.41, 5.74) is 0.659. The summed E-state index contributed by atoms with van der Waals surface area (Å²) in [6.45, 7) is 5.99. The van der Waals surface area contributed by atoms with Crippen molar-refractivity contribution in [2.24, 2.45) is 0 Å². The van der Waals surface area contributed by atoms with E-state index in [9.17, 15) is 13.6 Å². The lowest BCUT2D eigenvalue weighted by Gasteiger charge is -2.27. The van der Waals surface area contributed by atoms with Gasteiger partial charge in [-0.1, -0.05) is 13.0 Å². The number of urea groups is 1. The van der Waals surface area contributed by atoms with E-state index in [0.29, 0.717) is 31.9 Å². The minimum absolute atomic E-state index is 0.0995. The number of nitrogens with zero attached hydrogens (tertiary/aromatic N) is 1. The second-order valence-corrected chi connectivity index (χ2v) is 5.70. The lowest BCUT2D eigenvalue weighted by molar-refractivity contribution is 0.142. The SMILES string of the molecule is C[C@H](CNC(=O)N1CCOCC[C@@H]1C)c1ccc(F)c(F)c1. The Morgan fingerprint density at radius 2 is 2.18 bits per heavy atom. The van der Waals surface area contributed by atoms with E-state index in [0.717, 1.165) is 12.5 Å². The van der Waals surface area contributed by atoms with Gasteiger partial charge in [0.1, 0.15) is 0 Å². The van der Waals surface area contributed by atoms with E-state index in [1.165, 1.54) is 12.1 Å². The third kappa shape index (κ3) is 4.16. The van der Waals surface area contributed by atoms with Crippen molar-refractivity contribution in [2.75, 3.05) is 26.3 Å². The molecule has 22 heavy (non-hydrogen) atoms. The van der Waals surface area contributed by atoms with Crippen molar-refractivity contribution in [1.29, 1.82) is 0 Å².